The average Bonchev–Trinajstić information content (AvgIpc) is 3.88. The van der Waals surface area contributed by atoms with Gasteiger partial charge in [-0.3, -0.25) is 0 Å². The summed E-state index contributed by atoms with van der Waals surface area (Å²) < 4.78 is 9.35. The number of rotatable bonds is 6. The minimum Gasteiger partial charge on any atom is -0.454 e. The first kappa shape index (κ1) is 33.7. The molecule has 0 aliphatic carbocycles. The SMILES string of the molecule is c1ccc(-c2cc(-c3ccc4c(c3)sc3ccccc34)cc(N(c3ccc(-c4cc5ccccc5c5ccccc45)cc3)c3cccc4c3oc3ccccc34)c2)cc1. The fourth-order valence-corrected chi connectivity index (χ4v) is 10.2. The second-order valence-corrected chi connectivity index (χ2v) is 16.4. The van der Waals surface area contributed by atoms with Gasteiger partial charge in [0.05, 0.1) is 5.69 Å². The summed E-state index contributed by atoms with van der Waals surface area (Å²) in [6, 6.07) is 77.0. The van der Waals surface area contributed by atoms with Crippen LogP contribution in [0.5, 0.6) is 0 Å². The summed E-state index contributed by atoms with van der Waals surface area (Å²) in [6.07, 6.45) is 0. The van der Waals surface area contributed by atoms with Gasteiger partial charge in [0.15, 0.2) is 5.58 Å². The van der Waals surface area contributed by atoms with Gasteiger partial charge in [0.1, 0.15) is 5.58 Å². The van der Waals surface area contributed by atoms with E-state index in [1.54, 1.807) is 0 Å². The van der Waals surface area contributed by atoms with E-state index in [4.69, 9.17) is 4.42 Å². The molecule has 0 saturated carbocycles. The van der Waals surface area contributed by atoms with Gasteiger partial charge in [0.2, 0.25) is 0 Å². The molecule has 0 bridgehead atoms. The van der Waals surface area contributed by atoms with Crippen LogP contribution in [0, 0.1) is 0 Å². The van der Waals surface area contributed by atoms with Crippen LogP contribution in [0.1, 0.15) is 0 Å². The molecule has 0 radical (unpaired) electrons. The highest BCUT2D eigenvalue weighted by Gasteiger charge is 2.22. The summed E-state index contributed by atoms with van der Waals surface area (Å²) in [7, 11) is 0. The molecule has 0 N–H and O–H groups in total. The maximum atomic E-state index is 6.76. The molecule has 0 aliphatic rings. The second kappa shape index (κ2) is 13.6. The average molecular weight is 770 g/mol. The molecular weight excluding hydrogens is 735 g/mol. The minimum absolute atomic E-state index is 0.858. The van der Waals surface area contributed by atoms with Gasteiger partial charge in [-0.2, -0.15) is 0 Å². The van der Waals surface area contributed by atoms with Crippen LogP contribution in [0.2, 0.25) is 0 Å². The molecule has 12 rings (SSSR count). The van der Waals surface area contributed by atoms with Crippen LogP contribution >= 0.6 is 11.3 Å². The third-order valence-corrected chi connectivity index (χ3v) is 13.0. The van der Waals surface area contributed by atoms with Crippen molar-refractivity contribution in [2.45, 2.75) is 0 Å². The highest BCUT2D eigenvalue weighted by Crippen LogP contribution is 2.46. The van der Waals surface area contributed by atoms with Gasteiger partial charge in [-0.1, -0.05) is 152 Å². The molecule has 0 aliphatic heterocycles. The fourth-order valence-electron chi connectivity index (χ4n) is 9.03. The summed E-state index contributed by atoms with van der Waals surface area (Å²) in [6.45, 7) is 0. The minimum atomic E-state index is 0.858. The van der Waals surface area contributed by atoms with Gasteiger partial charge < -0.3 is 9.32 Å². The maximum Gasteiger partial charge on any atom is 0.159 e. The van der Waals surface area contributed by atoms with Gasteiger partial charge >= 0.3 is 0 Å². The van der Waals surface area contributed by atoms with E-state index < -0.39 is 0 Å². The Morgan fingerprint density at radius 2 is 0.983 bits per heavy atom. The molecule has 12 aromatic rings. The number of thiophene rings is 1. The lowest BCUT2D eigenvalue weighted by atomic mass is 9.93. The Hall–Kier alpha value is -7.46. The number of fused-ring (bicyclic) bond motifs is 9. The quantitative estimate of drug-likeness (QED) is 0.157. The second-order valence-electron chi connectivity index (χ2n) is 15.3. The lowest BCUT2D eigenvalue weighted by Crippen LogP contribution is -2.10. The zero-order valence-corrected chi connectivity index (χ0v) is 32.8. The zero-order valence-electron chi connectivity index (χ0n) is 32.0. The van der Waals surface area contributed by atoms with Crippen LogP contribution in [0.25, 0.3) is 97.0 Å². The zero-order chi connectivity index (χ0) is 38.9. The summed E-state index contributed by atoms with van der Waals surface area (Å²) >= 11 is 1.86. The van der Waals surface area contributed by atoms with Crippen molar-refractivity contribution in [1.29, 1.82) is 0 Å². The van der Waals surface area contributed by atoms with Crippen molar-refractivity contribution >= 4 is 92.1 Å². The number of para-hydroxylation sites is 2. The number of furan rings is 1. The predicted octanol–water partition coefficient (Wildman–Crippen LogP) is 16.7. The summed E-state index contributed by atoms with van der Waals surface area (Å²) in [5.74, 6) is 0. The third-order valence-electron chi connectivity index (χ3n) is 11.8. The lowest BCUT2D eigenvalue weighted by Gasteiger charge is -2.27. The number of benzene rings is 10. The van der Waals surface area contributed by atoms with Crippen molar-refractivity contribution in [3.8, 4) is 33.4 Å². The van der Waals surface area contributed by atoms with Crippen molar-refractivity contribution in [1.82, 2.24) is 0 Å². The molecule has 0 amide bonds. The Bertz CT molecular complexity index is 3560. The van der Waals surface area contributed by atoms with E-state index in [9.17, 15) is 0 Å². The lowest BCUT2D eigenvalue weighted by molar-refractivity contribution is 0.669. The molecule has 2 nitrogen and oxygen atoms in total. The van der Waals surface area contributed by atoms with Crippen LogP contribution in [0.4, 0.5) is 17.1 Å². The Kier molecular flexibility index (Phi) is 7.75. The summed E-state index contributed by atoms with van der Waals surface area (Å²) in [4.78, 5) is 2.38. The van der Waals surface area contributed by atoms with Gasteiger partial charge in [-0.25, -0.2) is 0 Å². The van der Waals surface area contributed by atoms with E-state index in [1.807, 2.05) is 17.4 Å². The van der Waals surface area contributed by atoms with Gasteiger partial charge in [-0.15, -0.1) is 11.3 Å². The summed E-state index contributed by atoms with van der Waals surface area (Å²) in [5.41, 5.74) is 11.9. The van der Waals surface area contributed by atoms with Crippen molar-refractivity contribution in [3.63, 3.8) is 0 Å². The predicted molar refractivity (Wildman–Crippen MR) is 253 cm³/mol. The number of hydrogen-bond acceptors (Lipinski definition) is 3. The van der Waals surface area contributed by atoms with E-state index >= 15 is 0 Å². The van der Waals surface area contributed by atoms with Gasteiger partial charge in [0, 0.05) is 42.3 Å². The van der Waals surface area contributed by atoms with E-state index in [0.717, 1.165) is 50.1 Å². The van der Waals surface area contributed by atoms with E-state index in [1.165, 1.54) is 64.0 Å². The van der Waals surface area contributed by atoms with Crippen molar-refractivity contribution < 1.29 is 4.42 Å². The Morgan fingerprint density at radius 1 is 0.339 bits per heavy atom. The van der Waals surface area contributed by atoms with Crippen LogP contribution in [-0.4, -0.2) is 0 Å². The molecular formula is C56H35NOS. The molecule has 2 heterocycles. The third kappa shape index (κ3) is 5.62. The maximum absolute atomic E-state index is 6.76. The standard InChI is InChI=1S/C56H35NOS/c1-2-13-36(14-3-1)40-31-41(38-27-30-49-48-20-9-11-24-54(48)59-55(49)35-38)33-43(32-40)57(52-22-12-21-50-47-19-8-10-23-53(47)58-56(50)52)42-28-25-37(26-29-42)51-34-39-15-4-5-16-44(39)45-17-6-7-18-46(45)51/h1-35H. The molecule has 3 heteroatoms. The topological polar surface area (TPSA) is 16.4 Å². The molecule has 276 valence electrons. The van der Waals surface area contributed by atoms with Crippen molar-refractivity contribution in [3.05, 3.63) is 212 Å². The molecule has 0 atom stereocenters. The molecule has 2 aromatic heterocycles. The van der Waals surface area contributed by atoms with Gasteiger partial charge in [-0.05, 0) is 116 Å². The first-order chi connectivity index (χ1) is 29.2. The van der Waals surface area contributed by atoms with E-state index in [2.05, 4.69) is 211 Å². The summed E-state index contributed by atoms with van der Waals surface area (Å²) in [5, 5.41) is 9.84. The largest absolute Gasteiger partial charge is 0.454 e. The molecule has 10 aromatic carbocycles. The Morgan fingerprint density at radius 3 is 1.83 bits per heavy atom. The molecule has 0 unspecified atom stereocenters. The molecule has 59 heavy (non-hydrogen) atoms. The Balaban J connectivity index is 1.08. The highest BCUT2D eigenvalue weighted by atomic mass is 32.1. The normalized spacial score (nSPS) is 11.7. The first-order valence-corrected chi connectivity index (χ1v) is 20.9. The van der Waals surface area contributed by atoms with Crippen molar-refractivity contribution in [2.75, 3.05) is 4.90 Å². The first-order valence-electron chi connectivity index (χ1n) is 20.1. The number of anilines is 3. The van der Waals surface area contributed by atoms with Crippen LogP contribution in [0.15, 0.2) is 217 Å². The Labute approximate surface area is 345 Å². The molecule has 0 saturated heterocycles. The molecule has 0 fully saturated rings. The van der Waals surface area contributed by atoms with Crippen LogP contribution < -0.4 is 4.90 Å². The number of nitrogens with zero attached hydrogens (tertiary/aromatic N) is 1. The monoisotopic (exact) mass is 769 g/mol. The molecule has 0 spiro atoms. The van der Waals surface area contributed by atoms with E-state index in [-0.39, 0.29) is 0 Å². The highest BCUT2D eigenvalue weighted by molar-refractivity contribution is 7.25. The van der Waals surface area contributed by atoms with Gasteiger partial charge in [0.25, 0.3) is 0 Å². The number of hydrogen-bond donors (Lipinski definition) is 0. The van der Waals surface area contributed by atoms with E-state index in [0.29, 0.717) is 0 Å². The van der Waals surface area contributed by atoms with Crippen molar-refractivity contribution in [2.24, 2.45) is 0 Å². The van der Waals surface area contributed by atoms with Crippen LogP contribution in [-0.2, 0) is 0 Å². The van der Waals surface area contributed by atoms with Crippen LogP contribution in [0.3, 0.4) is 0 Å². The fraction of sp³-hybridized carbons (Fsp3) is 0. The smallest absolute Gasteiger partial charge is 0.159 e.